The van der Waals surface area contributed by atoms with Gasteiger partial charge in [-0.1, -0.05) is 30.3 Å². The summed E-state index contributed by atoms with van der Waals surface area (Å²) in [6, 6.07) is 19.6. The van der Waals surface area contributed by atoms with Crippen molar-refractivity contribution in [2.45, 2.75) is 0 Å². The van der Waals surface area contributed by atoms with Crippen molar-refractivity contribution in [3.05, 3.63) is 72.3 Å². The van der Waals surface area contributed by atoms with Gasteiger partial charge in [0.25, 0.3) is 15.9 Å². The highest BCUT2D eigenvalue weighted by Crippen LogP contribution is 2.35. The number of nitrogens with one attached hydrogen (secondary N) is 1. The van der Waals surface area contributed by atoms with Crippen LogP contribution in [-0.2, 0) is 14.9 Å². The first-order chi connectivity index (χ1) is 14.8. The summed E-state index contributed by atoms with van der Waals surface area (Å²) in [5.41, 5.74) is 8.50. The van der Waals surface area contributed by atoms with E-state index in [1.54, 1.807) is 36.4 Å². The quantitative estimate of drug-likeness (QED) is 0.353. The first-order valence-electron chi connectivity index (χ1n) is 9.32. The van der Waals surface area contributed by atoms with Gasteiger partial charge in [-0.05, 0) is 36.4 Å². The highest BCUT2D eigenvalue weighted by Gasteiger charge is 2.21. The highest BCUT2D eigenvalue weighted by atomic mass is 32.2. The predicted octanol–water partition coefficient (Wildman–Crippen LogP) is 3.56. The van der Waals surface area contributed by atoms with Gasteiger partial charge in [-0.2, -0.15) is 0 Å². The number of fused-ring (bicyclic) bond motifs is 2. The second-order valence-corrected chi connectivity index (χ2v) is 8.71. The fourth-order valence-corrected chi connectivity index (χ4v) is 4.25. The largest absolute Gasteiger partial charge is 0.366 e. The number of primary amides is 1. The van der Waals surface area contributed by atoms with Crippen LogP contribution in [0, 0.1) is 0 Å². The number of pyridine rings is 1. The Morgan fingerprint density at radius 2 is 1.74 bits per heavy atom. The number of hydrogen-bond donors (Lipinski definition) is 2. The summed E-state index contributed by atoms with van der Waals surface area (Å²) in [7, 11) is -2.39. The zero-order valence-electron chi connectivity index (χ0n) is 16.9. The molecule has 0 aliphatic carbocycles. The lowest BCUT2D eigenvalue weighted by Gasteiger charge is -2.22. The number of nitrogens with zero attached hydrogens (tertiary/aromatic N) is 2. The zero-order valence-corrected chi connectivity index (χ0v) is 17.7. The Bertz CT molecular complexity index is 1420. The number of para-hydroxylation sites is 3. The molecule has 3 N–H and O–H groups in total. The fraction of sp³-hybridized carbons (Fsp3) is 0.0909. The Labute approximate surface area is 179 Å². The van der Waals surface area contributed by atoms with Gasteiger partial charge in [0.15, 0.2) is 0 Å². The maximum absolute atomic E-state index is 12.2. The van der Waals surface area contributed by atoms with E-state index in [1.165, 1.54) is 7.11 Å². The van der Waals surface area contributed by atoms with E-state index < -0.39 is 15.9 Å². The number of carbonyl (C=O) groups excluding carboxylic acids is 1. The number of aromatic nitrogens is 1. The smallest absolute Gasteiger partial charge is 0.254 e. The van der Waals surface area contributed by atoms with Crippen LogP contribution in [-0.4, -0.2) is 32.7 Å². The van der Waals surface area contributed by atoms with Crippen molar-refractivity contribution < 1.29 is 18.0 Å². The summed E-state index contributed by atoms with van der Waals surface area (Å²) in [5, 5.41) is 4.82. The minimum Gasteiger partial charge on any atom is -0.366 e. The average molecular weight is 436 g/mol. The van der Waals surface area contributed by atoms with E-state index in [2.05, 4.69) is 10.3 Å². The fourth-order valence-electron chi connectivity index (χ4n) is 3.47. The Kier molecular flexibility index (Phi) is 5.22. The van der Waals surface area contributed by atoms with Crippen LogP contribution in [0.15, 0.2) is 66.7 Å². The Hall–Kier alpha value is -3.69. The molecule has 0 atom stereocenters. The molecule has 8 nitrogen and oxygen atoms in total. The van der Waals surface area contributed by atoms with Crippen LogP contribution in [0.25, 0.3) is 21.8 Å². The molecule has 0 spiro atoms. The van der Waals surface area contributed by atoms with Gasteiger partial charge in [0, 0.05) is 16.5 Å². The van der Waals surface area contributed by atoms with Gasteiger partial charge in [0.2, 0.25) is 0 Å². The predicted molar refractivity (Wildman–Crippen MR) is 122 cm³/mol. The molecule has 158 valence electrons. The van der Waals surface area contributed by atoms with Crippen LogP contribution in [0.3, 0.4) is 0 Å². The molecule has 0 saturated carbocycles. The molecule has 1 aromatic heterocycles. The molecule has 0 saturated heterocycles. The molecule has 4 aromatic rings. The van der Waals surface area contributed by atoms with E-state index in [1.807, 2.05) is 30.3 Å². The van der Waals surface area contributed by atoms with E-state index in [0.717, 1.165) is 21.6 Å². The van der Waals surface area contributed by atoms with E-state index in [-0.39, 0.29) is 0 Å². The van der Waals surface area contributed by atoms with Gasteiger partial charge in [-0.15, -0.1) is 4.47 Å². The molecule has 1 amide bonds. The maximum Gasteiger partial charge on any atom is 0.254 e. The average Bonchev–Trinajstić information content (AvgIpc) is 2.73. The summed E-state index contributed by atoms with van der Waals surface area (Å²) >= 11 is 0. The van der Waals surface area contributed by atoms with Crippen LogP contribution in [0.1, 0.15) is 10.4 Å². The Morgan fingerprint density at radius 3 is 2.45 bits per heavy atom. The van der Waals surface area contributed by atoms with Gasteiger partial charge in [0.05, 0.1) is 35.6 Å². The van der Waals surface area contributed by atoms with Crippen molar-refractivity contribution in [2.24, 2.45) is 5.73 Å². The lowest BCUT2D eigenvalue weighted by atomic mass is 10.0. The monoisotopic (exact) mass is 436 g/mol. The number of rotatable bonds is 6. The summed E-state index contributed by atoms with van der Waals surface area (Å²) in [5.74, 6) is -0.581. The minimum absolute atomic E-state index is 0.300. The molecule has 4 rings (SSSR count). The number of nitrogens with two attached hydrogens (primary N) is 1. The second kappa shape index (κ2) is 7.86. The molecule has 9 heteroatoms. The van der Waals surface area contributed by atoms with Crippen molar-refractivity contribution in [3.63, 3.8) is 0 Å². The van der Waals surface area contributed by atoms with E-state index in [0.29, 0.717) is 33.5 Å². The summed E-state index contributed by atoms with van der Waals surface area (Å²) in [4.78, 5) is 21.7. The van der Waals surface area contributed by atoms with Crippen LogP contribution in [0.4, 0.5) is 17.1 Å². The second-order valence-electron chi connectivity index (χ2n) is 6.92. The highest BCUT2D eigenvalue weighted by molar-refractivity contribution is 7.91. The number of carbonyl (C=O) groups is 1. The van der Waals surface area contributed by atoms with Gasteiger partial charge in [-0.25, -0.2) is 13.4 Å². The number of benzene rings is 3. The molecule has 3 aromatic carbocycles. The molecule has 0 bridgehead atoms. The number of sulfonamides is 1. The minimum atomic E-state index is -3.67. The summed E-state index contributed by atoms with van der Waals surface area (Å²) in [6.07, 6.45) is 1.06. The van der Waals surface area contributed by atoms with E-state index in [4.69, 9.17) is 10.6 Å². The standard InChI is InChI=1S/C22H20N4O4S/c1-30-26(31(2,28)29)20-10-6-5-9-19(20)24-18-12-11-15(22(23)27)21-16(18)13-14-7-3-4-8-17(14)25-21/h3-13,24H,1-2H3,(H2,23,27). The van der Waals surface area contributed by atoms with Gasteiger partial charge >= 0.3 is 0 Å². The summed E-state index contributed by atoms with van der Waals surface area (Å²) < 4.78 is 25.2. The Morgan fingerprint density at radius 1 is 1.03 bits per heavy atom. The maximum atomic E-state index is 12.2. The Balaban J connectivity index is 1.92. The lowest BCUT2D eigenvalue weighted by Crippen LogP contribution is -2.29. The van der Waals surface area contributed by atoms with Crippen molar-refractivity contribution in [2.75, 3.05) is 23.2 Å². The van der Waals surface area contributed by atoms with Gasteiger partial charge in [-0.3, -0.25) is 9.63 Å². The van der Waals surface area contributed by atoms with Gasteiger partial charge < -0.3 is 11.1 Å². The lowest BCUT2D eigenvalue weighted by molar-refractivity contribution is 0.100. The number of amides is 1. The molecule has 31 heavy (non-hydrogen) atoms. The van der Waals surface area contributed by atoms with Crippen molar-refractivity contribution >= 4 is 54.8 Å². The van der Waals surface area contributed by atoms with Gasteiger partial charge in [0.1, 0.15) is 5.69 Å². The van der Waals surface area contributed by atoms with E-state index >= 15 is 0 Å². The topological polar surface area (TPSA) is 115 Å². The summed E-state index contributed by atoms with van der Waals surface area (Å²) in [6.45, 7) is 0. The SMILES string of the molecule is CON(c1ccccc1Nc1ccc(C(N)=O)c2nc3ccccc3cc12)S(C)(=O)=O. The number of hydrogen-bond acceptors (Lipinski definition) is 6. The first-order valence-corrected chi connectivity index (χ1v) is 11.2. The third kappa shape index (κ3) is 3.88. The van der Waals surface area contributed by atoms with Crippen molar-refractivity contribution in [1.29, 1.82) is 0 Å². The normalized spacial score (nSPS) is 11.5. The molecular weight excluding hydrogens is 416 g/mol. The third-order valence-corrected chi connectivity index (χ3v) is 5.74. The van der Waals surface area contributed by atoms with Crippen LogP contribution < -0.4 is 15.5 Å². The first kappa shape index (κ1) is 20.6. The molecular formula is C22H20N4O4S. The molecule has 0 aliphatic heterocycles. The molecule has 0 fully saturated rings. The zero-order chi connectivity index (χ0) is 22.2. The number of anilines is 3. The van der Waals surface area contributed by atoms with Crippen LogP contribution in [0.2, 0.25) is 0 Å². The third-order valence-electron chi connectivity index (χ3n) is 4.79. The van der Waals surface area contributed by atoms with Crippen molar-refractivity contribution in [3.8, 4) is 0 Å². The van der Waals surface area contributed by atoms with Crippen LogP contribution >= 0.6 is 0 Å². The molecule has 0 aliphatic rings. The van der Waals surface area contributed by atoms with Crippen molar-refractivity contribution in [1.82, 2.24) is 4.98 Å². The molecule has 0 unspecified atom stereocenters. The molecule has 1 heterocycles. The molecule has 0 radical (unpaired) electrons. The van der Waals surface area contributed by atoms with E-state index in [9.17, 15) is 13.2 Å². The van der Waals surface area contributed by atoms with Crippen LogP contribution in [0.5, 0.6) is 0 Å².